The van der Waals surface area contributed by atoms with E-state index >= 15 is 0 Å². The maximum Gasteiger partial charge on any atom is 0.143 e. The van der Waals surface area contributed by atoms with Crippen molar-refractivity contribution < 1.29 is 0 Å². The lowest BCUT2D eigenvalue weighted by molar-refractivity contribution is 0.639. The van der Waals surface area contributed by atoms with Crippen LogP contribution in [0.5, 0.6) is 0 Å². The van der Waals surface area contributed by atoms with E-state index in [0.29, 0.717) is 6.54 Å². The van der Waals surface area contributed by atoms with Crippen molar-refractivity contribution in [3.8, 4) is 11.4 Å². The van der Waals surface area contributed by atoms with Gasteiger partial charge in [-0.05, 0) is 44.2 Å². The zero-order valence-corrected chi connectivity index (χ0v) is 16.0. The Kier molecular flexibility index (Phi) is 4.62. The van der Waals surface area contributed by atoms with Crippen LogP contribution >= 0.6 is 0 Å². The number of pyridine rings is 1. The zero-order valence-electron chi connectivity index (χ0n) is 16.0. The molecule has 0 radical (unpaired) electrons. The van der Waals surface area contributed by atoms with Crippen LogP contribution in [0.2, 0.25) is 0 Å². The van der Waals surface area contributed by atoms with Crippen molar-refractivity contribution in [3.05, 3.63) is 60.6 Å². The summed E-state index contributed by atoms with van der Waals surface area (Å²) in [5, 5.41) is 4.64. The van der Waals surface area contributed by atoms with Gasteiger partial charge in [0.25, 0.3) is 0 Å². The number of aryl methyl sites for hydroxylation is 1. The number of benzene rings is 1. The molecule has 0 amide bonds. The molecule has 4 rings (SSSR count). The molecule has 0 saturated heterocycles. The van der Waals surface area contributed by atoms with E-state index in [1.807, 2.05) is 48.4 Å². The van der Waals surface area contributed by atoms with Crippen LogP contribution in [0.15, 0.2) is 54.9 Å². The largest absolute Gasteiger partial charge is 0.360 e. The van der Waals surface area contributed by atoms with E-state index in [1.54, 1.807) is 0 Å². The second-order valence-corrected chi connectivity index (χ2v) is 6.59. The molecule has 0 fully saturated rings. The number of rotatable bonds is 6. The smallest absolute Gasteiger partial charge is 0.143 e. The summed E-state index contributed by atoms with van der Waals surface area (Å²) in [6, 6.07) is 14.4. The summed E-state index contributed by atoms with van der Waals surface area (Å²) in [6.45, 7) is 6.68. The molecular weight excluding hydrogens is 336 g/mol. The Morgan fingerprint density at radius 2 is 1.89 bits per heavy atom. The number of para-hydroxylation sites is 2. The van der Waals surface area contributed by atoms with Gasteiger partial charge in [0, 0.05) is 38.1 Å². The summed E-state index contributed by atoms with van der Waals surface area (Å²) in [5.41, 5.74) is 4.12. The lowest BCUT2D eigenvalue weighted by atomic mass is 10.2. The van der Waals surface area contributed by atoms with Gasteiger partial charge in [0.15, 0.2) is 0 Å². The van der Waals surface area contributed by atoms with E-state index in [9.17, 15) is 0 Å². The van der Waals surface area contributed by atoms with Crippen LogP contribution in [0.3, 0.4) is 0 Å². The molecule has 0 aliphatic rings. The highest BCUT2D eigenvalue weighted by atomic mass is 15.3. The summed E-state index contributed by atoms with van der Waals surface area (Å²) in [6.07, 6.45) is 3.93. The summed E-state index contributed by atoms with van der Waals surface area (Å²) >= 11 is 0. The quantitative estimate of drug-likeness (QED) is 0.524. The first-order chi connectivity index (χ1) is 13.2. The van der Waals surface area contributed by atoms with Crippen LogP contribution in [0, 0.1) is 0 Å². The van der Waals surface area contributed by atoms with Crippen LogP contribution < -0.4 is 4.90 Å². The minimum absolute atomic E-state index is 0.680. The molecule has 6 heteroatoms. The van der Waals surface area contributed by atoms with E-state index in [-0.39, 0.29) is 0 Å². The second kappa shape index (κ2) is 7.23. The molecule has 0 saturated carbocycles. The van der Waals surface area contributed by atoms with Gasteiger partial charge < -0.3 is 9.47 Å². The molecule has 0 N–H and O–H groups in total. The Morgan fingerprint density at radius 1 is 1.04 bits per heavy atom. The Bertz CT molecular complexity index is 1040. The van der Waals surface area contributed by atoms with Gasteiger partial charge in [-0.25, -0.2) is 9.97 Å². The molecule has 27 heavy (non-hydrogen) atoms. The van der Waals surface area contributed by atoms with E-state index in [4.69, 9.17) is 4.98 Å². The van der Waals surface area contributed by atoms with E-state index in [2.05, 4.69) is 51.6 Å². The monoisotopic (exact) mass is 360 g/mol. The first kappa shape index (κ1) is 17.3. The molecule has 138 valence electrons. The molecule has 0 atom stereocenters. The van der Waals surface area contributed by atoms with Crippen LogP contribution in [0.4, 0.5) is 5.82 Å². The first-order valence-electron chi connectivity index (χ1n) is 9.34. The third-order valence-electron chi connectivity index (χ3n) is 4.87. The topological polar surface area (TPSA) is 51.8 Å². The molecule has 4 aromatic rings. The summed E-state index contributed by atoms with van der Waals surface area (Å²) in [5.74, 6) is 1.88. The molecule has 0 aliphatic heterocycles. The predicted octanol–water partition coefficient (Wildman–Crippen LogP) is 3.82. The van der Waals surface area contributed by atoms with Gasteiger partial charge in [-0.2, -0.15) is 5.10 Å². The minimum Gasteiger partial charge on any atom is -0.360 e. The van der Waals surface area contributed by atoms with Gasteiger partial charge in [-0.3, -0.25) is 4.68 Å². The van der Waals surface area contributed by atoms with Crippen LogP contribution in [-0.4, -0.2) is 37.9 Å². The second-order valence-electron chi connectivity index (χ2n) is 6.59. The van der Waals surface area contributed by atoms with Crippen molar-refractivity contribution in [2.75, 3.05) is 18.5 Å². The van der Waals surface area contributed by atoms with Crippen molar-refractivity contribution >= 4 is 16.9 Å². The number of imidazole rings is 1. The average Bonchev–Trinajstić information content (AvgIpc) is 3.32. The summed E-state index contributed by atoms with van der Waals surface area (Å²) < 4.78 is 4.17. The van der Waals surface area contributed by atoms with E-state index in [1.165, 1.54) is 0 Å². The Hall–Kier alpha value is -3.15. The normalized spacial score (nSPS) is 11.2. The average molecular weight is 360 g/mol. The number of anilines is 1. The molecule has 0 aliphatic carbocycles. The van der Waals surface area contributed by atoms with Gasteiger partial charge in [-0.15, -0.1) is 0 Å². The third-order valence-corrected chi connectivity index (χ3v) is 4.87. The van der Waals surface area contributed by atoms with Crippen molar-refractivity contribution in [1.82, 2.24) is 24.3 Å². The fourth-order valence-corrected chi connectivity index (χ4v) is 3.19. The molecule has 0 unspecified atom stereocenters. The highest BCUT2D eigenvalue weighted by molar-refractivity contribution is 5.80. The van der Waals surface area contributed by atoms with Gasteiger partial charge in [0.05, 0.1) is 23.3 Å². The van der Waals surface area contributed by atoms with Crippen molar-refractivity contribution in [3.63, 3.8) is 0 Å². The molecule has 6 nitrogen and oxygen atoms in total. The lowest BCUT2D eigenvalue weighted by Gasteiger charge is -2.15. The summed E-state index contributed by atoms with van der Waals surface area (Å²) in [4.78, 5) is 11.6. The van der Waals surface area contributed by atoms with E-state index < -0.39 is 0 Å². The summed E-state index contributed by atoms with van der Waals surface area (Å²) in [7, 11) is 2.04. The fourth-order valence-electron chi connectivity index (χ4n) is 3.19. The fraction of sp³-hybridized carbons (Fsp3) is 0.286. The molecule has 0 spiro atoms. The molecule has 1 aromatic carbocycles. The maximum absolute atomic E-state index is 4.88. The highest BCUT2D eigenvalue weighted by Crippen LogP contribution is 2.26. The molecule has 0 bridgehead atoms. The van der Waals surface area contributed by atoms with E-state index in [0.717, 1.165) is 47.0 Å². The standard InChI is InChI=1S/C21H24N6/c1-4-25(3)20-11-10-16(14-22-20)21-23-18-8-6-7-9-19(18)27(21)15-17-12-13-26(5-2)24-17/h6-14H,4-5,15H2,1-3H3. The molecular formula is C21H24N6. The van der Waals surface area contributed by atoms with Crippen molar-refractivity contribution in [1.29, 1.82) is 0 Å². The van der Waals surface area contributed by atoms with Crippen molar-refractivity contribution in [2.45, 2.75) is 26.9 Å². The van der Waals surface area contributed by atoms with Gasteiger partial charge in [-0.1, -0.05) is 12.1 Å². The SMILES string of the molecule is CCN(C)c1ccc(-c2nc3ccccc3n2Cc2ccn(CC)n2)cn1. The molecule has 3 heterocycles. The van der Waals surface area contributed by atoms with Gasteiger partial charge in [0.1, 0.15) is 11.6 Å². The first-order valence-corrected chi connectivity index (χ1v) is 9.34. The van der Waals surface area contributed by atoms with Gasteiger partial charge in [0.2, 0.25) is 0 Å². The Morgan fingerprint density at radius 3 is 2.59 bits per heavy atom. The van der Waals surface area contributed by atoms with Crippen LogP contribution in [0.1, 0.15) is 19.5 Å². The zero-order chi connectivity index (χ0) is 18.8. The Labute approximate surface area is 159 Å². The number of hydrogen-bond acceptors (Lipinski definition) is 4. The number of hydrogen-bond donors (Lipinski definition) is 0. The van der Waals surface area contributed by atoms with Crippen molar-refractivity contribution in [2.24, 2.45) is 0 Å². The highest BCUT2D eigenvalue weighted by Gasteiger charge is 2.14. The predicted molar refractivity (Wildman–Crippen MR) is 109 cm³/mol. The minimum atomic E-state index is 0.680. The molecule has 3 aromatic heterocycles. The maximum atomic E-state index is 4.88. The van der Waals surface area contributed by atoms with Gasteiger partial charge >= 0.3 is 0 Å². The van der Waals surface area contributed by atoms with Crippen LogP contribution in [0.25, 0.3) is 22.4 Å². The van der Waals surface area contributed by atoms with Crippen LogP contribution in [-0.2, 0) is 13.1 Å². The lowest BCUT2D eigenvalue weighted by Crippen LogP contribution is -2.16. The number of aromatic nitrogens is 5. The number of fused-ring (bicyclic) bond motifs is 1. The number of nitrogens with zero attached hydrogens (tertiary/aromatic N) is 6. The Balaban J connectivity index is 1.77. The third kappa shape index (κ3) is 3.30.